The van der Waals surface area contributed by atoms with Gasteiger partial charge in [0.15, 0.2) is 9.84 Å². The maximum absolute atomic E-state index is 14.5. The summed E-state index contributed by atoms with van der Waals surface area (Å²) in [5, 5.41) is 8.02. The third-order valence-electron chi connectivity index (χ3n) is 9.48. The molecule has 3 aliphatic rings. The fourth-order valence-electron chi connectivity index (χ4n) is 7.09. The van der Waals surface area contributed by atoms with Crippen molar-refractivity contribution in [3.05, 3.63) is 77.1 Å². The Hall–Kier alpha value is -2.81. The molecule has 1 heterocycles. The average molecular weight is 620 g/mol. The topological polar surface area (TPSA) is 74.7 Å². The summed E-state index contributed by atoms with van der Waals surface area (Å²) in [5.41, 5.74) is 2.16. The number of rotatable bonds is 6. The molecule has 5 nitrogen and oxygen atoms in total. The van der Waals surface area contributed by atoms with Crippen LogP contribution in [0.4, 0.5) is 13.2 Å². The number of halogens is 3. The number of benzene rings is 2. The van der Waals surface area contributed by atoms with E-state index in [1.165, 1.54) is 6.07 Å². The number of nitrogens with zero attached hydrogens (tertiary/aromatic N) is 1. The highest BCUT2D eigenvalue weighted by atomic mass is 32.2. The van der Waals surface area contributed by atoms with Crippen molar-refractivity contribution >= 4 is 15.7 Å². The number of aryl methyl sites for hydroxylation is 2. The Kier molecular flexibility index (Phi) is 10.4. The van der Waals surface area contributed by atoms with Crippen molar-refractivity contribution in [3.8, 4) is 0 Å². The standard InChI is InChI=1S/C29H34F3NO3S.C5H10O/c1-19-7-6-10-24(17-19)37(35,36)28-15-16-33(27(34)21-8-4-3-5-9-21)26(28)14-12-23-18-22(11-13-25(23)28)20(2)29(30,31)32;1-2-3-4-5-6/h6-7,10-11,13,17-18,20-21,26H,3-5,8-9,12,14-16H2,1-2H3;4-6H,2-3H2,1H3/b;5-4+. The predicted octanol–water partition coefficient (Wildman–Crippen LogP) is 8.32. The summed E-state index contributed by atoms with van der Waals surface area (Å²) in [6.07, 6.45) is 6.42. The molecule has 3 atom stereocenters. The van der Waals surface area contributed by atoms with Gasteiger partial charge in [0.05, 0.1) is 23.1 Å². The third kappa shape index (κ3) is 6.52. The molecule has 5 rings (SSSR count). The molecule has 3 unspecified atom stereocenters. The Morgan fingerprint density at radius 2 is 1.84 bits per heavy atom. The minimum absolute atomic E-state index is 0.0387. The molecule has 0 aromatic heterocycles. The molecule has 1 saturated carbocycles. The smallest absolute Gasteiger partial charge is 0.395 e. The van der Waals surface area contributed by atoms with Gasteiger partial charge in [-0.25, -0.2) is 8.42 Å². The van der Waals surface area contributed by atoms with Crippen LogP contribution in [0, 0.1) is 12.8 Å². The second kappa shape index (κ2) is 13.4. The van der Waals surface area contributed by atoms with Crippen LogP contribution >= 0.6 is 0 Å². The first kappa shape index (κ1) is 33.1. The van der Waals surface area contributed by atoms with E-state index < -0.39 is 32.7 Å². The van der Waals surface area contributed by atoms with Crippen LogP contribution < -0.4 is 0 Å². The first-order chi connectivity index (χ1) is 20.4. The molecule has 1 aliphatic heterocycles. The Morgan fingerprint density at radius 1 is 1.12 bits per heavy atom. The van der Waals surface area contributed by atoms with Gasteiger partial charge in [0.25, 0.3) is 0 Å². The van der Waals surface area contributed by atoms with Crippen LogP contribution in [0.2, 0.25) is 0 Å². The van der Waals surface area contributed by atoms with Crippen LogP contribution in [0.3, 0.4) is 0 Å². The van der Waals surface area contributed by atoms with E-state index >= 15 is 0 Å². The average Bonchev–Trinajstić information content (AvgIpc) is 3.41. The van der Waals surface area contributed by atoms with E-state index in [0.29, 0.717) is 30.5 Å². The summed E-state index contributed by atoms with van der Waals surface area (Å²) in [6.45, 7) is 5.37. The van der Waals surface area contributed by atoms with Crippen LogP contribution in [-0.2, 0) is 25.8 Å². The molecule has 43 heavy (non-hydrogen) atoms. The number of sulfone groups is 1. The number of unbranched alkanes of at least 4 members (excludes halogenated alkanes) is 1. The van der Waals surface area contributed by atoms with Gasteiger partial charge in [-0.15, -0.1) is 0 Å². The second-order valence-electron chi connectivity index (χ2n) is 12.2. The number of hydrogen-bond acceptors (Lipinski definition) is 4. The number of alkyl halides is 3. The lowest BCUT2D eigenvalue weighted by atomic mass is 9.77. The van der Waals surface area contributed by atoms with Crippen molar-refractivity contribution in [2.45, 2.75) is 113 Å². The van der Waals surface area contributed by atoms with E-state index in [4.69, 9.17) is 5.11 Å². The lowest BCUT2D eigenvalue weighted by molar-refractivity contribution is -0.146. The van der Waals surface area contributed by atoms with Gasteiger partial charge in [-0.2, -0.15) is 13.2 Å². The summed E-state index contributed by atoms with van der Waals surface area (Å²) in [4.78, 5) is 15.7. The predicted molar refractivity (Wildman–Crippen MR) is 163 cm³/mol. The van der Waals surface area contributed by atoms with Crippen LogP contribution in [0.1, 0.15) is 99.8 Å². The van der Waals surface area contributed by atoms with Crippen molar-refractivity contribution < 1.29 is 31.5 Å². The van der Waals surface area contributed by atoms with Crippen LogP contribution in [0.15, 0.2) is 59.7 Å². The van der Waals surface area contributed by atoms with Crippen molar-refractivity contribution in [1.29, 1.82) is 0 Å². The molecule has 1 saturated heterocycles. The van der Waals surface area contributed by atoms with E-state index in [1.807, 2.05) is 13.0 Å². The van der Waals surface area contributed by atoms with E-state index in [9.17, 15) is 26.4 Å². The monoisotopic (exact) mass is 619 g/mol. The lowest BCUT2D eigenvalue weighted by Gasteiger charge is -2.43. The number of aliphatic hydroxyl groups is 1. The largest absolute Gasteiger partial charge is 0.516 e. The number of amides is 1. The van der Waals surface area contributed by atoms with E-state index in [0.717, 1.165) is 63.7 Å². The minimum atomic E-state index is -4.38. The Bertz CT molecular complexity index is 1410. The van der Waals surface area contributed by atoms with Crippen LogP contribution in [0.25, 0.3) is 0 Å². The van der Waals surface area contributed by atoms with Gasteiger partial charge in [-0.05, 0) is 86.8 Å². The zero-order chi connectivity index (χ0) is 31.4. The molecule has 0 radical (unpaired) electrons. The van der Waals surface area contributed by atoms with Gasteiger partial charge in [-0.1, -0.05) is 69.0 Å². The highest BCUT2D eigenvalue weighted by Gasteiger charge is 2.61. The molecular weight excluding hydrogens is 575 g/mol. The Balaban J connectivity index is 0.000000641. The summed E-state index contributed by atoms with van der Waals surface area (Å²) in [7, 11) is -3.97. The summed E-state index contributed by atoms with van der Waals surface area (Å²) >= 11 is 0. The van der Waals surface area contributed by atoms with Gasteiger partial charge >= 0.3 is 6.18 Å². The first-order valence-corrected chi connectivity index (χ1v) is 17.0. The molecule has 2 aromatic rings. The summed E-state index contributed by atoms with van der Waals surface area (Å²) in [5.74, 6) is -1.69. The lowest BCUT2D eigenvalue weighted by Crippen LogP contribution is -2.53. The van der Waals surface area contributed by atoms with Gasteiger partial charge < -0.3 is 10.0 Å². The first-order valence-electron chi connectivity index (χ1n) is 15.5. The molecule has 1 N–H and O–H groups in total. The third-order valence-corrected chi connectivity index (χ3v) is 12.0. The maximum atomic E-state index is 14.5. The molecule has 2 aliphatic carbocycles. The van der Waals surface area contributed by atoms with Gasteiger partial charge in [0, 0.05) is 12.5 Å². The summed E-state index contributed by atoms with van der Waals surface area (Å²) < 4.78 is 68.1. The number of carbonyl (C=O) groups is 1. The highest BCUT2D eigenvalue weighted by Crippen LogP contribution is 2.54. The van der Waals surface area contributed by atoms with Crippen LogP contribution in [0.5, 0.6) is 0 Å². The number of hydrogen-bond donors (Lipinski definition) is 1. The molecular formula is C34H44F3NO4S. The van der Waals surface area contributed by atoms with Crippen LogP contribution in [-0.4, -0.2) is 43.1 Å². The summed E-state index contributed by atoms with van der Waals surface area (Å²) in [6, 6.07) is 10.8. The molecule has 1 amide bonds. The minimum Gasteiger partial charge on any atom is -0.516 e. The molecule has 2 fully saturated rings. The fraction of sp³-hybridized carbons (Fsp3) is 0.559. The fourth-order valence-corrected chi connectivity index (χ4v) is 9.56. The zero-order valence-corrected chi connectivity index (χ0v) is 26.2. The van der Waals surface area contributed by atoms with Gasteiger partial charge in [0.1, 0.15) is 4.75 Å². The molecule has 236 valence electrons. The number of carbonyl (C=O) groups excluding carboxylic acids is 1. The van der Waals surface area contributed by atoms with Gasteiger partial charge in [0.2, 0.25) is 5.91 Å². The molecule has 2 aromatic carbocycles. The maximum Gasteiger partial charge on any atom is 0.395 e. The Labute approximate surface area is 254 Å². The van der Waals surface area contributed by atoms with Crippen molar-refractivity contribution in [2.75, 3.05) is 6.54 Å². The van der Waals surface area contributed by atoms with Crippen molar-refractivity contribution in [3.63, 3.8) is 0 Å². The van der Waals surface area contributed by atoms with Crippen molar-refractivity contribution in [2.24, 2.45) is 5.92 Å². The second-order valence-corrected chi connectivity index (χ2v) is 14.4. The zero-order valence-electron chi connectivity index (χ0n) is 25.4. The van der Waals surface area contributed by atoms with E-state index in [-0.39, 0.29) is 28.7 Å². The van der Waals surface area contributed by atoms with E-state index in [1.54, 1.807) is 41.3 Å². The van der Waals surface area contributed by atoms with E-state index in [2.05, 4.69) is 6.92 Å². The molecule has 0 spiro atoms. The molecule has 0 bridgehead atoms. The number of aliphatic hydroxyl groups excluding tert-OH is 1. The quantitative estimate of drug-likeness (QED) is 0.330. The Morgan fingerprint density at radius 3 is 2.44 bits per heavy atom. The number of fused-ring (bicyclic) bond motifs is 3. The highest BCUT2D eigenvalue weighted by molar-refractivity contribution is 7.92. The number of likely N-dealkylation sites (tertiary alicyclic amines) is 1. The normalized spacial score (nSPS) is 23.3. The molecule has 9 heteroatoms. The van der Waals surface area contributed by atoms with Gasteiger partial charge in [-0.3, -0.25) is 4.79 Å². The number of allylic oxidation sites excluding steroid dienone is 1. The van der Waals surface area contributed by atoms with Crippen molar-refractivity contribution in [1.82, 2.24) is 4.90 Å². The SMILES string of the molecule is CCC/C=C/O.Cc1cccc(S(=O)(=O)C23CCN(C(=O)C4CCCCC4)C2CCc2cc(C(C)C(F)(F)F)ccc23)c1.